The highest BCUT2D eigenvalue weighted by atomic mass is 35.5. The number of halogens is 1. The summed E-state index contributed by atoms with van der Waals surface area (Å²) in [7, 11) is 5.29. The Bertz CT molecular complexity index is 630. The topological polar surface area (TPSA) is 64.1 Å². The van der Waals surface area contributed by atoms with Gasteiger partial charge in [-0.15, -0.1) is 0 Å². The number of benzene rings is 1. The lowest BCUT2D eigenvalue weighted by Crippen LogP contribution is -1.98. The second-order valence-electron chi connectivity index (χ2n) is 4.95. The minimum atomic E-state index is 0.520. The van der Waals surface area contributed by atoms with Crippen LogP contribution < -0.4 is 10.1 Å². The highest BCUT2D eigenvalue weighted by molar-refractivity contribution is 6.33. The molecule has 1 aromatic heterocycles. The van der Waals surface area contributed by atoms with Gasteiger partial charge in [-0.3, -0.25) is 4.79 Å². The quantitative estimate of drug-likeness (QED) is 0.851. The Balaban J connectivity index is 0.000000816. The molecule has 5 nitrogen and oxygen atoms in total. The van der Waals surface area contributed by atoms with E-state index in [4.69, 9.17) is 16.3 Å². The molecule has 23 heavy (non-hydrogen) atoms. The van der Waals surface area contributed by atoms with Crippen molar-refractivity contribution in [2.24, 2.45) is 0 Å². The summed E-state index contributed by atoms with van der Waals surface area (Å²) in [6.45, 7) is 1.85. The van der Waals surface area contributed by atoms with E-state index >= 15 is 0 Å². The molecule has 0 amide bonds. The lowest BCUT2D eigenvalue weighted by atomic mass is 10.0. The molecule has 0 radical (unpaired) electrons. The van der Waals surface area contributed by atoms with Crippen molar-refractivity contribution in [3.63, 3.8) is 0 Å². The van der Waals surface area contributed by atoms with E-state index in [9.17, 15) is 4.79 Å². The molecule has 1 heterocycles. The molecular weight excluding hydrogens is 314 g/mol. The minimum absolute atomic E-state index is 0.520. The first-order chi connectivity index (χ1) is 11.0. The molecule has 6 heteroatoms. The van der Waals surface area contributed by atoms with E-state index in [2.05, 4.69) is 15.3 Å². The van der Waals surface area contributed by atoms with E-state index in [0.717, 1.165) is 29.7 Å². The molecule has 0 unspecified atom stereocenters. The molecule has 0 aliphatic heterocycles. The van der Waals surface area contributed by atoms with Crippen LogP contribution in [0.25, 0.3) is 0 Å². The summed E-state index contributed by atoms with van der Waals surface area (Å²) in [5, 5.41) is 3.30. The van der Waals surface area contributed by atoms with Gasteiger partial charge in [-0.25, -0.2) is 9.97 Å². The van der Waals surface area contributed by atoms with Crippen LogP contribution in [0.3, 0.4) is 0 Å². The predicted molar refractivity (Wildman–Crippen MR) is 92.6 cm³/mol. The lowest BCUT2D eigenvalue weighted by molar-refractivity contribution is 0.112. The van der Waals surface area contributed by atoms with E-state index in [1.54, 1.807) is 24.5 Å². The molecule has 0 saturated carbocycles. The fraction of sp³-hybridized carbons (Fsp3) is 0.353. The van der Waals surface area contributed by atoms with Crippen LogP contribution in [0.4, 0.5) is 0 Å². The molecule has 0 fully saturated rings. The zero-order chi connectivity index (χ0) is 17.2. The van der Waals surface area contributed by atoms with E-state index in [-0.39, 0.29) is 0 Å². The summed E-state index contributed by atoms with van der Waals surface area (Å²) in [4.78, 5) is 19.2. The number of aldehydes is 1. The first-order valence-electron chi connectivity index (χ1n) is 7.23. The number of aryl methyl sites for hydroxylation is 3. The maximum Gasteiger partial charge on any atom is 0.150 e. The Morgan fingerprint density at radius 2 is 1.83 bits per heavy atom. The van der Waals surface area contributed by atoms with E-state index in [1.165, 1.54) is 7.11 Å². The van der Waals surface area contributed by atoms with Crippen molar-refractivity contribution in [2.75, 3.05) is 21.2 Å². The van der Waals surface area contributed by atoms with E-state index in [0.29, 0.717) is 22.8 Å². The van der Waals surface area contributed by atoms with Crippen molar-refractivity contribution in [3.8, 4) is 5.75 Å². The van der Waals surface area contributed by atoms with Crippen LogP contribution in [0, 0.1) is 6.92 Å². The third kappa shape index (κ3) is 5.96. The van der Waals surface area contributed by atoms with Crippen molar-refractivity contribution in [1.82, 2.24) is 15.3 Å². The molecule has 2 aromatic rings. The first-order valence-corrected chi connectivity index (χ1v) is 7.61. The maximum atomic E-state index is 10.9. The Kier molecular flexibility index (Phi) is 8.22. The highest BCUT2D eigenvalue weighted by Gasteiger charge is 2.10. The van der Waals surface area contributed by atoms with Crippen LogP contribution in [0.2, 0.25) is 5.02 Å². The predicted octanol–water partition coefficient (Wildman–Crippen LogP) is 2.88. The summed E-state index contributed by atoms with van der Waals surface area (Å²) >= 11 is 6.26. The van der Waals surface area contributed by atoms with Crippen molar-refractivity contribution < 1.29 is 9.53 Å². The van der Waals surface area contributed by atoms with Gasteiger partial charge in [-0.05, 0) is 57.1 Å². The van der Waals surface area contributed by atoms with Gasteiger partial charge in [0.05, 0.1) is 12.1 Å². The standard InChI is InChI=1S/C15H15ClN2O2.C2H7N/c1-10-17-7-11(8-18-10)3-4-13-5-12(9-19)6-14(20-2)15(13)16;1-3-2/h5-9H,3-4H2,1-2H3;3H,1-2H3. The maximum absolute atomic E-state index is 10.9. The Morgan fingerprint density at radius 1 is 1.22 bits per heavy atom. The summed E-state index contributed by atoms with van der Waals surface area (Å²) < 4.78 is 5.18. The van der Waals surface area contributed by atoms with E-state index in [1.807, 2.05) is 21.0 Å². The SMILES string of the molecule is CNC.COc1cc(C=O)cc(CCc2cnc(C)nc2)c1Cl. The van der Waals surface area contributed by atoms with Crippen LogP contribution in [0.1, 0.15) is 27.3 Å². The van der Waals surface area contributed by atoms with Gasteiger partial charge in [-0.1, -0.05) is 11.6 Å². The zero-order valence-electron chi connectivity index (χ0n) is 13.9. The van der Waals surface area contributed by atoms with Gasteiger partial charge in [0.2, 0.25) is 0 Å². The number of nitrogens with one attached hydrogen (secondary N) is 1. The summed E-state index contributed by atoms with van der Waals surface area (Å²) in [5.41, 5.74) is 2.47. The molecule has 0 bridgehead atoms. The number of nitrogens with zero attached hydrogens (tertiary/aromatic N) is 2. The second-order valence-corrected chi connectivity index (χ2v) is 5.33. The number of carbonyl (C=O) groups is 1. The lowest BCUT2D eigenvalue weighted by Gasteiger charge is -2.10. The number of carbonyl (C=O) groups excluding carboxylic acids is 1. The Hall–Kier alpha value is -1.98. The number of aromatic nitrogens is 2. The number of hydrogen-bond acceptors (Lipinski definition) is 5. The number of ether oxygens (including phenoxy) is 1. The van der Waals surface area contributed by atoms with Crippen molar-refractivity contribution in [2.45, 2.75) is 19.8 Å². The molecule has 0 atom stereocenters. The molecule has 124 valence electrons. The second kappa shape index (κ2) is 9.92. The number of hydrogen-bond donors (Lipinski definition) is 1. The monoisotopic (exact) mass is 335 g/mol. The zero-order valence-corrected chi connectivity index (χ0v) is 14.6. The summed E-state index contributed by atoms with van der Waals surface area (Å²) in [6.07, 6.45) is 5.85. The first kappa shape index (κ1) is 19.1. The Morgan fingerprint density at radius 3 is 2.35 bits per heavy atom. The largest absolute Gasteiger partial charge is 0.495 e. The normalized spacial score (nSPS) is 9.78. The van der Waals surface area contributed by atoms with Crippen molar-refractivity contribution in [3.05, 3.63) is 52.1 Å². The molecule has 1 N–H and O–H groups in total. The van der Waals surface area contributed by atoms with Gasteiger partial charge in [0.15, 0.2) is 0 Å². The molecule has 0 aliphatic carbocycles. The third-order valence-electron chi connectivity index (χ3n) is 3.01. The summed E-state index contributed by atoms with van der Waals surface area (Å²) in [6, 6.07) is 3.42. The van der Waals surface area contributed by atoms with Gasteiger partial charge >= 0.3 is 0 Å². The van der Waals surface area contributed by atoms with Gasteiger partial charge in [0, 0.05) is 18.0 Å². The van der Waals surface area contributed by atoms with E-state index < -0.39 is 0 Å². The van der Waals surface area contributed by atoms with Crippen molar-refractivity contribution >= 4 is 17.9 Å². The van der Waals surface area contributed by atoms with Gasteiger partial charge < -0.3 is 10.1 Å². The Labute approximate surface area is 142 Å². The average molecular weight is 336 g/mol. The highest BCUT2D eigenvalue weighted by Crippen LogP contribution is 2.30. The number of rotatable bonds is 5. The van der Waals surface area contributed by atoms with Crippen molar-refractivity contribution in [1.29, 1.82) is 0 Å². The molecule has 0 spiro atoms. The minimum Gasteiger partial charge on any atom is -0.495 e. The van der Waals surface area contributed by atoms with Crippen LogP contribution in [0.15, 0.2) is 24.5 Å². The fourth-order valence-corrected chi connectivity index (χ4v) is 2.19. The molecular formula is C17H22ClN3O2. The van der Waals surface area contributed by atoms with Crippen LogP contribution >= 0.6 is 11.6 Å². The fourth-order valence-electron chi connectivity index (χ4n) is 1.91. The van der Waals surface area contributed by atoms with Gasteiger partial charge in [0.1, 0.15) is 17.9 Å². The molecule has 2 rings (SSSR count). The van der Waals surface area contributed by atoms with Crippen LogP contribution in [0.5, 0.6) is 5.75 Å². The van der Waals surface area contributed by atoms with Crippen LogP contribution in [-0.2, 0) is 12.8 Å². The molecule has 0 saturated heterocycles. The molecule has 0 aliphatic rings. The smallest absolute Gasteiger partial charge is 0.150 e. The average Bonchev–Trinajstić information content (AvgIpc) is 2.56. The summed E-state index contributed by atoms with van der Waals surface area (Å²) in [5.74, 6) is 1.27. The number of methoxy groups -OCH3 is 1. The van der Waals surface area contributed by atoms with Gasteiger partial charge in [0.25, 0.3) is 0 Å². The third-order valence-corrected chi connectivity index (χ3v) is 3.44. The van der Waals surface area contributed by atoms with Crippen LogP contribution in [-0.4, -0.2) is 37.5 Å². The molecule has 1 aromatic carbocycles. The van der Waals surface area contributed by atoms with Gasteiger partial charge in [-0.2, -0.15) is 0 Å².